The molecule has 0 amide bonds. The van der Waals surface area contributed by atoms with Crippen LogP contribution >= 0.6 is 11.8 Å². The highest BCUT2D eigenvalue weighted by molar-refractivity contribution is 7.99. The van der Waals surface area contributed by atoms with Crippen LogP contribution in [0.1, 0.15) is 36.8 Å². The third-order valence-electron chi connectivity index (χ3n) is 5.20. The summed E-state index contributed by atoms with van der Waals surface area (Å²) >= 11 is 1.57. The first kappa shape index (κ1) is 20.9. The van der Waals surface area contributed by atoms with Gasteiger partial charge in [-0.3, -0.25) is 14.4 Å². The van der Waals surface area contributed by atoms with Crippen molar-refractivity contribution in [1.29, 1.82) is 0 Å². The van der Waals surface area contributed by atoms with Crippen molar-refractivity contribution in [1.82, 2.24) is 0 Å². The summed E-state index contributed by atoms with van der Waals surface area (Å²) in [7, 11) is 0. The Morgan fingerprint density at radius 1 is 1.07 bits per heavy atom. The molecule has 0 fully saturated rings. The zero-order chi connectivity index (χ0) is 21.0. The van der Waals surface area contributed by atoms with Crippen molar-refractivity contribution >= 4 is 29.7 Å². The van der Waals surface area contributed by atoms with Crippen molar-refractivity contribution in [3.63, 3.8) is 0 Å². The molecule has 2 aromatic carbocycles. The van der Waals surface area contributed by atoms with Crippen molar-refractivity contribution in [3.8, 4) is 0 Å². The Bertz CT molecular complexity index is 910. The molecule has 6 nitrogen and oxygen atoms in total. The van der Waals surface area contributed by atoms with Crippen LogP contribution in [0.4, 0.5) is 0 Å². The van der Waals surface area contributed by atoms with Gasteiger partial charge in [0, 0.05) is 15.7 Å². The van der Waals surface area contributed by atoms with Crippen LogP contribution in [0.5, 0.6) is 0 Å². The molecule has 29 heavy (non-hydrogen) atoms. The second-order valence-corrected chi connectivity index (χ2v) is 8.01. The quantitative estimate of drug-likeness (QED) is 0.522. The van der Waals surface area contributed by atoms with E-state index in [-0.39, 0.29) is 13.0 Å². The molecular weight excluding hydrogens is 392 g/mol. The van der Waals surface area contributed by atoms with Gasteiger partial charge in [0.15, 0.2) is 0 Å². The number of rotatable bonds is 7. The van der Waals surface area contributed by atoms with Crippen molar-refractivity contribution < 1.29 is 29.3 Å². The predicted molar refractivity (Wildman–Crippen MR) is 107 cm³/mol. The highest BCUT2D eigenvalue weighted by Crippen LogP contribution is 2.46. The van der Waals surface area contributed by atoms with Gasteiger partial charge in [0.2, 0.25) is 0 Å². The van der Waals surface area contributed by atoms with Gasteiger partial charge in [0.05, 0.1) is 6.61 Å². The van der Waals surface area contributed by atoms with Gasteiger partial charge < -0.3 is 14.9 Å². The molecule has 2 aromatic rings. The molecule has 3 rings (SSSR count). The maximum Gasteiger partial charge on any atom is 0.335 e. The van der Waals surface area contributed by atoms with E-state index in [1.165, 1.54) is 6.92 Å². The molecule has 0 spiro atoms. The zero-order valence-corrected chi connectivity index (χ0v) is 16.8. The minimum absolute atomic E-state index is 0.0899. The van der Waals surface area contributed by atoms with E-state index in [1.54, 1.807) is 17.8 Å². The van der Waals surface area contributed by atoms with Crippen LogP contribution in [-0.4, -0.2) is 34.7 Å². The highest BCUT2D eigenvalue weighted by Gasteiger charge is 2.61. The van der Waals surface area contributed by atoms with E-state index in [0.717, 1.165) is 15.4 Å². The van der Waals surface area contributed by atoms with Crippen LogP contribution < -0.4 is 0 Å². The Morgan fingerprint density at radius 2 is 1.76 bits per heavy atom. The molecular formula is C22H22O6S. The Kier molecular flexibility index (Phi) is 6.27. The molecule has 0 saturated heterocycles. The third-order valence-corrected chi connectivity index (χ3v) is 6.20. The van der Waals surface area contributed by atoms with Crippen LogP contribution in [0.25, 0.3) is 0 Å². The molecule has 0 saturated carbocycles. The largest absolute Gasteiger partial charge is 0.480 e. The van der Waals surface area contributed by atoms with E-state index in [9.17, 15) is 24.6 Å². The molecule has 7 heteroatoms. The Balaban J connectivity index is 2.03. The number of carboxylic acids is 2. The van der Waals surface area contributed by atoms with Crippen molar-refractivity contribution in [2.45, 2.75) is 41.9 Å². The van der Waals surface area contributed by atoms with Crippen LogP contribution in [0, 0.1) is 5.41 Å². The van der Waals surface area contributed by atoms with Crippen LogP contribution in [-0.2, 0) is 25.5 Å². The number of esters is 1. The predicted octanol–water partition coefficient (Wildman–Crippen LogP) is 3.98. The van der Waals surface area contributed by atoms with Gasteiger partial charge in [-0.1, -0.05) is 36.0 Å². The molecule has 0 unspecified atom stereocenters. The molecule has 0 bridgehead atoms. The van der Waals surface area contributed by atoms with E-state index in [1.807, 2.05) is 42.5 Å². The number of carbonyl (C=O) groups excluding carboxylic acids is 1. The highest BCUT2D eigenvalue weighted by atomic mass is 32.2. The average molecular weight is 414 g/mol. The minimum Gasteiger partial charge on any atom is -0.480 e. The first-order chi connectivity index (χ1) is 13.9. The van der Waals surface area contributed by atoms with Gasteiger partial charge in [-0.25, -0.2) is 0 Å². The number of carbonyl (C=O) groups is 3. The Morgan fingerprint density at radius 3 is 2.38 bits per heavy atom. The summed E-state index contributed by atoms with van der Waals surface area (Å²) in [6.45, 7) is 1.43. The number of hydrogen-bond donors (Lipinski definition) is 2. The third kappa shape index (κ3) is 3.87. The summed E-state index contributed by atoms with van der Waals surface area (Å²) in [5.74, 6) is -5.59. The summed E-state index contributed by atoms with van der Waals surface area (Å²) in [5, 5.41) is 19.7. The summed E-state index contributed by atoms with van der Waals surface area (Å²) in [5.41, 5.74) is -1.19. The summed E-state index contributed by atoms with van der Waals surface area (Å²) in [6, 6.07) is 15.4. The lowest BCUT2D eigenvalue weighted by molar-refractivity contribution is -0.181. The summed E-state index contributed by atoms with van der Waals surface area (Å²) < 4.78 is 4.90. The molecule has 1 atom stereocenters. The SMILES string of the molecule is CCOC(=O)C(C(=O)O)(C(=O)O)[C@@H]1CCCc2cc(Sc3ccccc3)ccc21. The second kappa shape index (κ2) is 8.69. The standard InChI is InChI=1S/C22H22O6S/c1-2-28-21(27)22(19(23)24,20(25)26)18-10-6-7-14-13-16(11-12-17(14)18)29-15-8-4-3-5-9-15/h3-5,8-9,11-13,18H,2,6-7,10H2,1H3,(H,23,24)(H,25,26)/t18-/m1/s1. The first-order valence-corrected chi connectivity index (χ1v) is 10.2. The fourth-order valence-electron chi connectivity index (χ4n) is 3.88. The Hall–Kier alpha value is -2.80. The number of hydrogen-bond acceptors (Lipinski definition) is 5. The number of aryl methyl sites for hydroxylation is 1. The lowest BCUT2D eigenvalue weighted by Crippen LogP contribution is -2.52. The van der Waals surface area contributed by atoms with Crippen molar-refractivity contribution in [2.75, 3.05) is 6.61 Å². The number of ether oxygens (including phenoxy) is 1. The van der Waals surface area contributed by atoms with Gasteiger partial charge in [-0.15, -0.1) is 0 Å². The number of fused-ring (bicyclic) bond motifs is 1. The average Bonchev–Trinajstić information content (AvgIpc) is 2.69. The van der Waals surface area contributed by atoms with Crippen molar-refractivity contribution in [3.05, 3.63) is 59.7 Å². The lowest BCUT2D eigenvalue weighted by Gasteiger charge is -2.35. The molecule has 0 heterocycles. The van der Waals surface area contributed by atoms with Crippen LogP contribution in [0.15, 0.2) is 58.3 Å². The smallest absolute Gasteiger partial charge is 0.335 e. The molecule has 152 valence electrons. The van der Waals surface area contributed by atoms with Gasteiger partial charge in [0.25, 0.3) is 5.41 Å². The van der Waals surface area contributed by atoms with Gasteiger partial charge in [-0.2, -0.15) is 0 Å². The fraction of sp³-hybridized carbons (Fsp3) is 0.318. The fourth-order valence-corrected chi connectivity index (χ4v) is 4.78. The zero-order valence-electron chi connectivity index (χ0n) is 16.0. The number of carboxylic acid groups (broad SMARTS) is 2. The number of aliphatic carboxylic acids is 2. The summed E-state index contributed by atoms with van der Waals surface area (Å²) in [4.78, 5) is 38.8. The van der Waals surface area contributed by atoms with Crippen LogP contribution in [0.3, 0.4) is 0 Å². The number of benzene rings is 2. The maximum atomic E-state index is 12.6. The van der Waals surface area contributed by atoms with Gasteiger partial charge >= 0.3 is 17.9 Å². The molecule has 0 radical (unpaired) electrons. The van der Waals surface area contributed by atoms with Crippen molar-refractivity contribution in [2.24, 2.45) is 5.41 Å². The Labute approximate surface area is 172 Å². The molecule has 2 N–H and O–H groups in total. The van der Waals surface area contributed by atoms with E-state index >= 15 is 0 Å². The second-order valence-electron chi connectivity index (χ2n) is 6.86. The first-order valence-electron chi connectivity index (χ1n) is 9.41. The van der Waals surface area contributed by atoms with E-state index < -0.39 is 29.2 Å². The summed E-state index contributed by atoms with van der Waals surface area (Å²) in [6.07, 6.45) is 1.58. The molecule has 0 aromatic heterocycles. The minimum atomic E-state index is -2.65. The topological polar surface area (TPSA) is 101 Å². The molecule has 1 aliphatic rings. The maximum absolute atomic E-state index is 12.6. The molecule has 0 aliphatic heterocycles. The van der Waals surface area contributed by atoms with E-state index in [4.69, 9.17) is 4.74 Å². The molecule has 1 aliphatic carbocycles. The van der Waals surface area contributed by atoms with Gasteiger partial charge in [-0.05, 0) is 61.6 Å². The van der Waals surface area contributed by atoms with E-state index in [0.29, 0.717) is 18.4 Å². The van der Waals surface area contributed by atoms with Crippen LogP contribution in [0.2, 0.25) is 0 Å². The monoisotopic (exact) mass is 414 g/mol. The van der Waals surface area contributed by atoms with E-state index in [2.05, 4.69) is 0 Å². The van der Waals surface area contributed by atoms with Gasteiger partial charge in [0.1, 0.15) is 0 Å². The lowest BCUT2D eigenvalue weighted by atomic mass is 9.66. The normalized spacial score (nSPS) is 16.0.